The van der Waals surface area contributed by atoms with E-state index in [1.165, 1.54) is 25.6 Å². The number of piperazine rings is 1. The highest BCUT2D eigenvalue weighted by atomic mass is 19.1. The lowest BCUT2D eigenvalue weighted by Gasteiger charge is -2.43. The van der Waals surface area contributed by atoms with Crippen LogP contribution < -0.4 is 10.6 Å². The van der Waals surface area contributed by atoms with Crippen LogP contribution >= 0.6 is 0 Å². The molecule has 0 spiro atoms. The summed E-state index contributed by atoms with van der Waals surface area (Å²) in [6.07, 6.45) is 7.19. The molecule has 6 rings (SSSR count). The van der Waals surface area contributed by atoms with Gasteiger partial charge in [0.05, 0.1) is 16.9 Å². The molecule has 3 heterocycles. The van der Waals surface area contributed by atoms with Crippen LogP contribution in [0, 0.1) is 5.82 Å². The topological polar surface area (TPSA) is 71.2 Å². The van der Waals surface area contributed by atoms with Crippen molar-refractivity contribution in [1.82, 2.24) is 19.9 Å². The minimum atomic E-state index is -0.209. The molecule has 1 aliphatic heterocycles. The Morgan fingerprint density at radius 2 is 1.62 bits per heavy atom. The first-order chi connectivity index (χ1) is 16.7. The van der Waals surface area contributed by atoms with Crippen molar-refractivity contribution in [3.8, 4) is 22.4 Å². The molecule has 2 aromatic heterocycles. The highest BCUT2D eigenvalue weighted by Gasteiger charge is 2.28. The zero-order chi connectivity index (χ0) is 23.1. The van der Waals surface area contributed by atoms with Crippen LogP contribution in [-0.2, 0) is 0 Å². The maximum Gasteiger partial charge on any atom is 0.147 e. The number of benzene rings is 2. The molecule has 6 nitrogen and oxygen atoms in total. The van der Waals surface area contributed by atoms with Crippen molar-refractivity contribution in [1.29, 1.82) is 0 Å². The van der Waals surface area contributed by atoms with Gasteiger partial charge in [0, 0.05) is 49.4 Å². The van der Waals surface area contributed by atoms with Crippen LogP contribution in [0.25, 0.3) is 33.3 Å². The van der Waals surface area contributed by atoms with Crippen LogP contribution in [0.5, 0.6) is 0 Å². The van der Waals surface area contributed by atoms with Gasteiger partial charge in [-0.3, -0.25) is 4.90 Å². The van der Waals surface area contributed by atoms with Gasteiger partial charge in [0.25, 0.3) is 0 Å². The summed E-state index contributed by atoms with van der Waals surface area (Å²) in [4.78, 5) is 17.7. The van der Waals surface area contributed by atoms with Gasteiger partial charge in [0.1, 0.15) is 18.0 Å². The molecule has 1 saturated carbocycles. The Morgan fingerprint density at radius 3 is 2.35 bits per heavy atom. The summed E-state index contributed by atoms with van der Waals surface area (Å²) in [6.45, 7) is 3.73. The van der Waals surface area contributed by atoms with E-state index in [0.717, 1.165) is 59.8 Å². The van der Waals surface area contributed by atoms with E-state index in [1.807, 2.05) is 42.5 Å². The van der Waals surface area contributed by atoms with Gasteiger partial charge in [-0.25, -0.2) is 19.3 Å². The number of hydrogen-bond acceptors (Lipinski definition) is 6. The fourth-order valence-corrected chi connectivity index (χ4v) is 5.08. The Labute approximate surface area is 198 Å². The van der Waals surface area contributed by atoms with E-state index in [-0.39, 0.29) is 5.82 Å². The summed E-state index contributed by atoms with van der Waals surface area (Å²) >= 11 is 0. The van der Waals surface area contributed by atoms with Crippen molar-refractivity contribution in [2.24, 2.45) is 0 Å². The molecular formula is C27H27FN6. The molecular weight excluding hydrogens is 427 g/mol. The largest absolute Gasteiger partial charge is 0.384 e. The lowest BCUT2D eigenvalue weighted by Crippen LogP contribution is -2.52. The number of nitrogens with zero attached hydrogens (tertiary/aromatic N) is 5. The highest BCUT2D eigenvalue weighted by Crippen LogP contribution is 2.33. The Morgan fingerprint density at radius 1 is 0.824 bits per heavy atom. The molecule has 172 valence electrons. The SMILES string of the molecule is Nc1cc(-c2ccc3ncnc(-c4ccc(N5CCN(C6CCC6)CC5)c(F)c4)c3c2)ccn1. The van der Waals surface area contributed by atoms with Crippen LogP contribution in [0.1, 0.15) is 19.3 Å². The van der Waals surface area contributed by atoms with Gasteiger partial charge in [-0.15, -0.1) is 0 Å². The Kier molecular flexibility index (Phi) is 5.34. The maximum atomic E-state index is 15.3. The minimum absolute atomic E-state index is 0.209. The molecule has 2 aromatic carbocycles. The quantitative estimate of drug-likeness (QED) is 0.480. The number of aromatic nitrogens is 3. The molecule has 0 unspecified atom stereocenters. The van der Waals surface area contributed by atoms with Crippen molar-refractivity contribution >= 4 is 22.4 Å². The van der Waals surface area contributed by atoms with E-state index in [0.29, 0.717) is 17.2 Å². The molecule has 0 atom stereocenters. The summed E-state index contributed by atoms with van der Waals surface area (Å²) in [6, 6.07) is 16.0. The number of nitrogens with two attached hydrogens (primary N) is 1. The summed E-state index contributed by atoms with van der Waals surface area (Å²) < 4.78 is 15.3. The molecule has 7 heteroatoms. The minimum Gasteiger partial charge on any atom is -0.384 e. The molecule has 0 bridgehead atoms. The number of fused-ring (bicyclic) bond motifs is 1. The fraction of sp³-hybridized carbons (Fsp3) is 0.296. The summed E-state index contributed by atoms with van der Waals surface area (Å²) in [5, 5.41) is 0.872. The third-order valence-electron chi connectivity index (χ3n) is 7.22. The van der Waals surface area contributed by atoms with Gasteiger partial charge >= 0.3 is 0 Å². The Bertz CT molecular complexity index is 1340. The smallest absolute Gasteiger partial charge is 0.147 e. The molecule has 34 heavy (non-hydrogen) atoms. The summed E-state index contributed by atoms with van der Waals surface area (Å²) in [5.41, 5.74) is 10.8. The van der Waals surface area contributed by atoms with Gasteiger partial charge in [-0.1, -0.05) is 18.6 Å². The number of rotatable bonds is 4. The molecule has 0 radical (unpaired) electrons. The molecule has 1 aliphatic carbocycles. The van der Waals surface area contributed by atoms with Crippen molar-refractivity contribution in [3.63, 3.8) is 0 Å². The van der Waals surface area contributed by atoms with Gasteiger partial charge in [0.2, 0.25) is 0 Å². The number of halogens is 1. The van der Waals surface area contributed by atoms with Gasteiger partial charge in [-0.05, 0) is 60.4 Å². The van der Waals surface area contributed by atoms with Crippen molar-refractivity contribution in [3.05, 3.63) is 66.9 Å². The molecule has 2 N–H and O–H groups in total. The van der Waals surface area contributed by atoms with E-state index < -0.39 is 0 Å². The van der Waals surface area contributed by atoms with Crippen LogP contribution in [0.3, 0.4) is 0 Å². The first-order valence-electron chi connectivity index (χ1n) is 11.9. The van der Waals surface area contributed by atoms with Gasteiger partial charge < -0.3 is 10.6 Å². The third-order valence-corrected chi connectivity index (χ3v) is 7.22. The van der Waals surface area contributed by atoms with Crippen molar-refractivity contribution in [2.45, 2.75) is 25.3 Å². The average Bonchev–Trinajstić information content (AvgIpc) is 2.83. The van der Waals surface area contributed by atoms with E-state index in [4.69, 9.17) is 5.73 Å². The fourth-order valence-electron chi connectivity index (χ4n) is 5.08. The van der Waals surface area contributed by atoms with Crippen LogP contribution in [0.4, 0.5) is 15.9 Å². The molecule has 4 aromatic rings. The van der Waals surface area contributed by atoms with Crippen LogP contribution in [0.15, 0.2) is 61.1 Å². The number of nitrogen functional groups attached to an aromatic ring is 1. The van der Waals surface area contributed by atoms with Crippen LogP contribution in [-0.4, -0.2) is 52.1 Å². The molecule has 1 saturated heterocycles. The number of hydrogen-bond donors (Lipinski definition) is 1. The van der Waals surface area contributed by atoms with Gasteiger partial charge in [-0.2, -0.15) is 0 Å². The first kappa shape index (κ1) is 21.0. The van der Waals surface area contributed by atoms with E-state index >= 15 is 4.39 Å². The Hall–Kier alpha value is -3.58. The number of anilines is 2. The zero-order valence-electron chi connectivity index (χ0n) is 19.0. The maximum absolute atomic E-state index is 15.3. The van der Waals surface area contributed by atoms with E-state index in [1.54, 1.807) is 12.3 Å². The molecule has 2 aliphatic rings. The molecule has 0 amide bonds. The lowest BCUT2D eigenvalue weighted by molar-refractivity contribution is 0.120. The first-order valence-corrected chi connectivity index (χ1v) is 11.9. The highest BCUT2D eigenvalue weighted by molar-refractivity contribution is 5.95. The zero-order valence-corrected chi connectivity index (χ0v) is 19.0. The summed E-state index contributed by atoms with van der Waals surface area (Å²) in [5.74, 6) is 0.257. The lowest BCUT2D eigenvalue weighted by atomic mass is 9.91. The van der Waals surface area contributed by atoms with Crippen molar-refractivity contribution in [2.75, 3.05) is 36.8 Å². The average molecular weight is 455 g/mol. The normalized spacial score (nSPS) is 17.1. The Balaban J connectivity index is 1.30. The predicted octanol–water partition coefficient (Wildman–Crippen LogP) is 4.75. The number of pyridine rings is 1. The predicted molar refractivity (Wildman–Crippen MR) is 134 cm³/mol. The second-order valence-electron chi connectivity index (χ2n) is 9.20. The summed E-state index contributed by atoms with van der Waals surface area (Å²) in [7, 11) is 0. The van der Waals surface area contributed by atoms with Gasteiger partial charge in [0.15, 0.2) is 0 Å². The van der Waals surface area contributed by atoms with E-state index in [2.05, 4.69) is 24.8 Å². The van der Waals surface area contributed by atoms with Crippen molar-refractivity contribution < 1.29 is 4.39 Å². The monoisotopic (exact) mass is 454 g/mol. The third kappa shape index (κ3) is 3.86. The second kappa shape index (κ2) is 8.65. The standard InChI is InChI=1S/C27H27FN6/c28-23-15-20(5-7-25(23)34-12-10-33(11-13-34)21-2-1-3-21)27-22-14-18(4-6-24(22)31-17-32-27)19-8-9-30-26(29)16-19/h4-9,14-17,21H,1-3,10-13H2,(H2,29,30). The second-order valence-corrected chi connectivity index (χ2v) is 9.20. The van der Waals surface area contributed by atoms with E-state index in [9.17, 15) is 0 Å². The van der Waals surface area contributed by atoms with Crippen LogP contribution in [0.2, 0.25) is 0 Å². The molecule has 2 fully saturated rings.